The molecule has 0 atom stereocenters. The number of aromatic carboxylic acids is 1. The van der Waals surface area contributed by atoms with Crippen LogP contribution in [0.5, 0.6) is 0 Å². The molecule has 82 valence electrons. The van der Waals surface area contributed by atoms with Gasteiger partial charge in [-0.25, -0.2) is 18.6 Å². The molecule has 1 aromatic rings. The fourth-order valence-corrected chi connectivity index (χ4v) is 1.31. The topological polar surface area (TPSA) is 50.2 Å². The van der Waals surface area contributed by atoms with Gasteiger partial charge >= 0.3 is 5.97 Å². The fraction of sp³-hybridized carbons (Fsp3) is 0.250. The number of halogens is 4. The van der Waals surface area contributed by atoms with Crippen LogP contribution in [0.3, 0.4) is 0 Å². The van der Waals surface area contributed by atoms with Crippen LogP contribution in [0.25, 0.3) is 0 Å². The molecule has 0 aliphatic heterocycles. The SMILES string of the molecule is O=C(O)c1nc(F)cc(CCl)c1C(F)F. The van der Waals surface area contributed by atoms with E-state index in [1.165, 1.54) is 0 Å². The van der Waals surface area contributed by atoms with Gasteiger partial charge in [-0.15, -0.1) is 11.6 Å². The minimum Gasteiger partial charge on any atom is -0.476 e. The number of aromatic nitrogens is 1. The van der Waals surface area contributed by atoms with Gasteiger partial charge in [0, 0.05) is 5.88 Å². The fourth-order valence-electron chi connectivity index (χ4n) is 1.09. The van der Waals surface area contributed by atoms with Gasteiger partial charge < -0.3 is 5.11 Å². The van der Waals surface area contributed by atoms with Gasteiger partial charge in [0.1, 0.15) is 0 Å². The van der Waals surface area contributed by atoms with Crippen LogP contribution in [-0.2, 0) is 5.88 Å². The molecule has 0 radical (unpaired) electrons. The van der Waals surface area contributed by atoms with Crippen LogP contribution < -0.4 is 0 Å². The molecule has 1 heterocycles. The monoisotopic (exact) mass is 239 g/mol. The minimum absolute atomic E-state index is 0.267. The molecule has 0 saturated heterocycles. The Hall–Kier alpha value is -1.30. The van der Waals surface area contributed by atoms with Gasteiger partial charge in [-0.05, 0) is 11.6 Å². The zero-order chi connectivity index (χ0) is 11.6. The van der Waals surface area contributed by atoms with Crippen LogP contribution in [0.2, 0.25) is 0 Å². The number of pyridine rings is 1. The molecule has 0 aromatic carbocycles. The van der Waals surface area contributed by atoms with Crippen LogP contribution in [0.4, 0.5) is 13.2 Å². The zero-order valence-corrected chi connectivity index (χ0v) is 7.93. The Labute approximate surface area is 87.5 Å². The number of hydrogen-bond acceptors (Lipinski definition) is 2. The summed E-state index contributed by atoms with van der Waals surface area (Å²) >= 11 is 5.30. The standard InChI is InChI=1S/C8H5ClF3NO2/c9-2-3-1-4(10)13-6(8(14)15)5(3)7(11)12/h1,7H,2H2,(H,14,15). The highest BCUT2D eigenvalue weighted by Crippen LogP contribution is 2.27. The molecule has 0 spiro atoms. The maximum Gasteiger partial charge on any atom is 0.355 e. The minimum atomic E-state index is -3.06. The summed E-state index contributed by atoms with van der Waals surface area (Å²) in [4.78, 5) is 13.4. The van der Waals surface area contributed by atoms with Crippen molar-refractivity contribution < 1.29 is 23.1 Å². The molecule has 0 bridgehead atoms. The molecule has 0 fully saturated rings. The van der Waals surface area contributed by atoms with Gasteiger partial charge in [-0.3, -0.25) is 0 Å². The number of carboxylic acids is 1. The van der Waals surface area contributed by atoms with Crippen molar-refractivity contribution in [2.75, 3.05) is 0 Å². The number of rotatable bonds is 3. The summed E-state index contributed by atoms with van der Waals surface area (Å²) in [5.74, 6) is -3.26. The Morgan fingerprint density at radius 3 is 2.60 bits per heavy atom. The van der Waals surface area contributed by atoms with Gasteiger partial charge in [0.05, 0.1) is 5.56 Å². The second-order valence-electron chi connectivity index (χ2n) is 2.61. The van der Waals surface area contributed by atoms with Gasteiger partial charge in [0.25, 0.3) is 6.43 Å². The van der Waals surface area contributed by atoms with E-state index < -0.39 is 35.5 Å². The second-order valence-corrected chi connectivity index (χ2v) is 2.87. The Morgan fingerprint density at radius 2 is 2.20 bits per heavy atom. The maximum atomic E-state index is 12.7. The summed E-state index contributed by atoms with van der Waals surface area (Å²) in [6.45, 7) is 0. The molecule has 1 rings (SSSR count). The second kappa shape index (κ2) is 4.48. The van der Waals surface area contributed by atoms with E-state index in [0.29, 0.717) is 6.07 Å². The van der Waals surface area contributed by atoms with Gasteiger partial charge in [-0.2, -0.15) is 4.39 Å². The predicted molar refractivity (Wildman–Crippen MR) is 45.7 cm³/mol. The van der Waals surface area contributed by atoms with Crippen molar-refractivity contribution in [1.82, 2.24) is 4.98 Å². The first kappa shape index (κ1) is 11.8. The lowest BCUT2D eigenvalue weighted by Gasteiger charge is -2.08. The van der Waals surface area contributed by atoms with Crippen molar-refractivity contribution in [3.05, 3.63) is 28.8 Å². The van der Waals surface area contributed by atoms with Crippen LogP contribution in [0.1, 0.15) is 28.0 Å². The van der Waals surface area contributed by atoms with E-state index in [2.05, 4.69) is 4.98 Å². The van der Waals surface area contributed by atoms with E-state index in [9.17, 15) is 18.0 Å². The Morgan fingerprint density at radius 1 is 1.60 bits per heavy atom. The van der Waals surface area contributed by atoms with Crippen molar-refractivity contribution >= 4 is 17.6 Å². The number of alkyl halides is 3. The highest BCUT2D eigenvalue weighted by molar-refractivity contribution is 6.17. The van der Waals surface area contributed by atoms with Crippen molar-refractivity contribution in [2.45, 2.75) is 12.3 Å². The number of carbonyl (C=O) groups is 1. The molecule has 0 unspecified atom stereocenters. The Kier molecular flexibility index (Phi) is 3.52. The molecule has 7 heteroatoms. The molecule has 3 nitrogen and oxygen atoms in total. The number of nitrogens with zero attached hydrogens (tertiary/aromatic N) is 1. The van der Waals surface area contributed by atoms with Crippen molar-refractivity contribution in [1.29, 1.82) is 0 Å². The van der Waals surface area contributed by atoms with E-state index >= 15 is 0 Å². The van der Waals surface area contributed by atoms with Gasteiger partial charge in [0.15, 0.2) is 5.69 Å². The molecular formula is C8H5ClF3NO2. The summed E-state index contributed by atoms with van der Waals surface area (Å²) in [5.41, 5.74) is -2.10. The third-order valence-electron chi connectivity index (χ3n) is 1.68. The predicted octanol–water partition coefficient (Wildman–Crippen LogP) is 2.60. The van der Waals surface area contributed by atoms with Gasteiger partial charge in [-0.1, -0.05) is 0 Å². The van der Waals surface area contributed by atoms with Crippen molar-refractivity contribution in [3.8, 4) is 0 Å². The van der Waals surface area contributed by atoms with Gasteiger partial charge in [0.2, 0.25) is 5.95 Å². The van der Waals surface area contributed by atoms with E-state index in [1.54, 1.807) is 0 Å². The lowest BCUT2D eigenvalue weighted by molar-refractivity contribution is 0.0675. The molecule has 15 heavy (non-hydrogen) atoms. The Bertz CT molecular complexity index is 398. The highest BCUT2D eigenvalue weighted by Gasteiger charge is 2.24. The average molecular weight is 240 g/mol. The molecule has 1 aromatic heterocycles. The first-order chi connectivity index (χ1) is 6.97. The third-order valence-corrected chi connectivity index (χ3v) is 1.97. The summed E-state index contributed by atoms with van der Waals surface area (Å²) in [5, 5.41) is 8.55. The van der Waals surface area contributed by atoms with Crippen LogP contribution in [0.15, 0.2) is 6.07 Å². The molecule has 0 saturated carbocycles. The molecule has 0 aliphatic carbocycles. The average Bonchev–Trinajstić information content (AvgIpc) is 2.15. The zero-order valence-electron chi connectivity index (χ0n) is 7.18. The molecule has 0 aliphatic rings. The molecular weight excluding hydrogens is 235 g/mol. The number of hydrogen-bond donors (Lipinski definition) is 1. The summed E-state index contributed by atoms with van der Waals surface area (Å²) in [6.07, 6.45) is -3.06. The first-order valence-electron chi connectivity index (χ1n) is 3.74. The van der Waals surface area contributed by atoms with E-state index in [1.807, 2.05) is 0 Å². The normalized spacial score (nSPS) is 10.7. The van der Waals surface area contributed by atoms with Crippen LogP contribution in [0, 0.1) is 5.95 Å². The van der Waals surface area contributed by atoms with E-state index in [0.717, 1.165) is 0 Å². The summed E-state index contributed by atoms with van der Waals surface area (Å²) in [7, 11) is 0. The van der Waals surface area contributed by atoms with Crippen LogP contribution >= 0.6 is 11.6 Å². The van der Waals surface area contributed by atoms with Crippen molar-refractivity contribution in [2.24, 2.45) is 0 Å². The van der Waals surface area contributed by atoms with E-state index in [4.69, 9.17) is 16.7 Å². The quantitative estimate of drug-likeness (QED) is 0.652. The smallest absolute Gasteiger partial charge is 0.355 e. The Balaban J connectivity index is 3.47. The lowest BCUT2D eigenvalue weighted by atomic mass is 10.1. The molecule has 0 amide bonds. The highest BCUT2D eigenvalue weighted by atomic mass is 35.5. The number of carboxylic acid groups (broad SMARTS) is 1. The largest absolute Gasteiger partial charge is 0.476 e. The lowest BCUT2D eigenvalue weighted by Crippen LogP contribution is -2.10. The molecule has 1 N–H and O–H groups in total. The maximum absolute atomic E-state index is 12.7. The first-order valence-corrected chi connectivity index (χ1v) is 4.27. The summed E-state index contributed by atoms with van der Waals surface area (Å²) < 4.78 is 37.7. The van der Waals surface area contributed by atoms with Crippen molar-refractivity contribution in [3.63, 3.8) is 0 Å². The van der Waals surface area contributed by atoms with Crippen LogP contribution in [-0.4, -0.2) is 16.1 Å². The summed E-state index contributed by atoms with van der Waals surface area (Å²) in [6, 6.07) is 0.695. The van der Waals surface area contributed by atoms with E-state index in [-0.39, 0.29) is 5.56 Å². The third kappa shape index (κ3) is 2.38.